The summed E-state index contributed by atoms with van der Waals surface area (Å²) >= 11 is 1.58. The van der Waals surface area contributed by atoms with E-state index in [9.17, 15) is 14.7 Å². The zero-order valence-corrected chi connectivity index (χ0v) is 16.9. The number of benzene rings is 1. The van der Waals surface area contributed by atoms with Crippen LogP contribution in [-0.2, 0) is 4.79 Å². The number of aliphatic hydroxyl groups excluding tert-OH is 1. The Labute approximate surface area is 168 Å². The van der Waals surface area contributed by atoms with Gasteiger partial charge in [-0.3, -0.25) is 9.69 Å². The van der Waals surface area contributed by atoms with Crippen molar-refractivity contribution < 1.29 is 14.7 Å². The molecule has 4 heterocycles. The van der Waals surface area contributed by atoms with Crippen LogP contribution in [0.25, 0.3) is 9.66 Å². The number of nitrogens with zero attached hydrogens (tertiary/aromatic N) is 3. The van der Waals surface area contributed by atoms with Crippen molar-refractivity contribution in [1.29, 1.82) is 0 Å². The summed E-state index contributed by atoms with van der Waals surface area (Å²) in [7, 11) is 1.84. The number of hydrogen-bond acceptors (Lipinski definition) is 5. The summed E-state index contributed by atoms with van der Waals surface area (Å²) in [5.41, 5.74) is 6.15. The van der Waals surface area contributed by atoms with Crippen LogP contribution in [0.1, 0.15) is 24.9 Å². The van der Waals surface area contributed by atoms with Crippen molar-refractivity contribution in [1.82, 2.24) is 14.4 Å². The Kier molecular flexibility index (Phi) is 6.33. The van der Waals surface area contributed by atoms with Crippen LogP contribution >= 0.6 is 11.3 Å². The van der Waals surface area contributed by atoms with E-state index in [1.807, 2.05) is 37.4 Å². The topological polar surface area (TPSA) is 91.8 Å². The maximum atomic E-state index is 11.7. The van der Waals surface area contributed by atoms with Crippen molar-refractivity contribution >= 4 is 32.9 Å². The van der Waals surface area contributed by atoms with Gasteiger partial charge in [-0.05, 0) is 24.1 Å². The fourth-order valence-corrected chi connectivity index (χ4v) is 4.33. The first-order valence-electron chi connectivity index (χ1n) is 9.25. The van der Waals surface area contributed by atoms with Gasteiger partial charge in [-0.15, -0.1) is 0 Å². The molecule has 3 aromatic heterocycles. The second-order valence-electron chi connectivity index (χ2n) is 7.04. The molecule has 1 fully saturated rings. The molecule has 4 aromatic rings. The number of thiophene rings is 1. The summed E-state index contributed by atoms with van der Waals surface area (Å²) in [5, 5.41) is 9.61. The highest BCUT2D eigenvalue weighted by molar-refractivity contribution is 7.25. The number of primary amides is 1. The lowest BCUT2D eigenvalue weighted by molar-refractivity contribution is -0.130. The molecule has 5 rings (SSSR count). The van der Waals surface area contributed by atoms with Gasteiger partial charge in [-0.1, -0.05) is 41.7 Å². The number of hydrogen-bond donors (Lipinski definition) is 2. The van der Waals surface area contributed by atoms with E-state index in [2.05, 4.69) is 17.0 Å². The number of carbonyl (C=O) groups excluding carboxylic acids is 2. The molecule has 8 heteroatoms. The average Bonchev–Trinajstić information content (AvgIpc) is 3.37. The number of likely N-dealkylation sites (N-methyl/N-ethyl adjacent to an activating group) is 1. The van der Waals surface area contributed by atoms with Gasteiger partial charge >= 0.3 is 6.03 Å². The van der Waals surface area contributed by atoms with Crippen molar-refractivity contribution in [2.45, 2.75) is 25.5 Å². The maximum absolute atomic E-state index is 11.7. The normalized spacial score (nSPS) is 18.0. The highest BCUT2D eigenvalue weighted by Gasteiger charge is 2.26. The first-order chi connectivity index (χ1) is 13.4. The SMILES string of the molecule is CC(=O)N(C)C(CN1CCC(O)C1)c1ccccc1.NC(=O)n1c2ccc1s2. The van der Waals surface area contributed by atoms with E-state index in [4.69, 9.17) is 5.73 Å². The number of amides is 2. The summed E-state index contributed by atoms with van der Waals surface area (Å²) in [6.07, 6.45) is 0.602. The highest BCUT2D eigenvalue weighted by atomic mass is 32.1. The number of aromatic nitrogens is 1. The molecule has 7 nitrogen and oxygen atoms in total. The van der Waals surface area contributed by atoms with Gasteiger partial charge in [0, 0.05) is 33.6 Å². The molecule has 1 aromatic carbocycles. The molecule has 2 atom stereocenters. The lowest BCUT2D eigenvalue weighted by Crippen LogP contribution is -2.38. The highest BCUT2D eigenvalue weighted by Crippen LogP contribution is 2.27. The number of nitrogens with two attached hydrogens (primary N) is 1. The minimum absolute atomic E-state index is 0.0454. The standard InChI is InChI=1S/C15H22N2O2.C5H4N2OS/c1-12(18)16(2)15(13-6-4-3-5-7-13)11-17-9-8-14(19)10-17;6-5(8)7-3-1-2-4(7)9-3/h3-7,14-15,19H,8-11H2,1-2H3;1-2H,(H2,6,8). The van der Waals surface area contributed by atoms with Crippen molar-refractivity contribution in [3.63, 3.8) is 0 Å². The second kappa shape index (κ2) is 8.72. The summed E-state index contributed by atoms with van der Waals surface area (Å²) in [4.78, 5) is 28.0. The Balaban J connectivity index is 0.000000206. The van der Waals surface area contributed by atoms with E-state index in [1.54, 1.807) is 23.2 Å². The molecule has 2 bridgehead atoms. The number of β-amino-alcohol motifs (C(OH)–C–C–N with tert-alkyl or cyclic N) is 1. The Morgan fingerprint density at radius 3 is 2.32 bits per heavy atom. The Bertz CT molecular complexity index is 873. The molecule has 1 aliphatic heterocycles. The Hall–Kier alpha value is -2.42. The van der Waals surface area contributed by atoms with Crippen LogP contribution in [0, 0.1) is 0 Å². The molecule has 2 unspecified atom stereocenters. The van der Waals surface area contributed by atoms with Gasteiger partial charge in [-0.25, -0.2) is 9.36 Å². The van der Waals surface area contributed by atoms with Crippen molar-refractivity contribution in [3.05, 3.63) is 48.0 Å². The minimum atomic E-state index is -0.385. The largest absolute Gasteiger partial charge is 0.392 e. The molecular formula is C20H26N4O3S. The second-order valence-corrected chi connectivity index (χ2v) is 8.08. The third-order valence-electron chi connectivity index (χ3n) is 5.07. The molecule has 1 saturated heterocycles. The molecule has 0 radical (unpaired) electrons. The smallest absolute Gasteiger partial charge is 0.325 e. The zero-order valence-electron chi connectivity index (χ0n) is 16.1. The number of aliphatic hydroxyl groups is 1. The summed E-state index contributed by atoms with van der Waals surface area (Å²) < 4.78 is 1.49. The molecule has 1 aliphatic rings. The van der Waals surface area contributed by atoms with Crippen LogP contribution in [0.5, 0.6) is 0 Å². The van der Waals surface area contributed by atoms with Gasteiger partial charge in [0.15, 0.2) is 0 Å². The predicted molar refractivity (Wildman–Crippen MR) is 111 cm³/mol. The molecule has 150 valence electrons. The average molecular weight is 403 g/mol. The Morgan fingerprint density at radius 2 is 1.89 bits per heavy atom. The monoisotopic (exact) mass is 402 g/mol. The molecule has 3 N–H and O–H groups in total. The first kappa shape index (κ1) is 20.3. The van der Waals surface area contributed by atoms with Crippen LogP contribution in [0.3, 0.4) is 0 Å². The third-order valence-corrected chi connectivity index (χ3v) is 6.12. The van der Waals surface area contributed by atoms with Crippen molar-refractivity contribution in [3.8, 4) is 0 Å². The van der Waals surface area contributed by atoms with E-state index in [0.717, 1.165) is 34.7 Å². The van der Waals surface area contributed by atoms with Crippen LogP contribution in [0.2, 0.25) is 0 Å². The van der Waals surface area contributed by atoms with Crippen molar-refractivity contribution in [2.75, 3.05) is 26.7 Å². The number of fused-ring (bicyclic) bond motifs is 1. The minimum Gasteiger partial charge on any atom is -0.392 e. The van der Waals surface area contributed by atoms with Crippen LogP contribution in [0.4, 0.5) is 4.79 Å². The molecule has 0 aliphatic carbocycles. The molecular weight excluding hydrogens is 376 g/mol. The number of likely N-dealkylation sites (tertiary alicyclic amines) is 1. The van der Waals surface area contributed by atoms with Crippen molar-refractivity contribution in [2.24, 2.45) is 5.73 Å². The summed E-state index contributed by atoms with van der Waals surface area (Å²) in [6, 6.07) is 13.5. The number of rotatable bonds is 4. The fourth-order valence-electron chi connectivity index (χ4n) is 3.41. The van der Waals surface area contributed by atoms with Gasteiger partial charge in [0.2, 0.25) is 5.91 Å². The predicted octanol–water partition coefficient (Wildman–Crippen LogP) is 2.34. The fraction of sp³-hybridized carbons (Fsp3) is 0.400. The lowest BCUT2D eigenvalue weighted by Gasteiger charge is -2.31. The van der Waals surface area contributed by atoms with Gasteiger partial charge in [0.05, 0.1) is 12.1 Å². The van der Waals surface area contributed by atoms with Gasteiger partial charge in [-0.2, -0.15) is 0 Å². The van der Waals surface area contributed by atoms with E-state index < -0.39 is 0 Å². The van der Waals surface area contributed by atoms with E-state index >= 15 is 0 Å². The molecule has 0 spiro atoms. The summed E-state index contributed by atoms with van der Waals surface area (Å²) in [5.74, 6) is 0.0635. The van der Waals surface area contributed by atoms with Crippen LogP contribution in [0.15, 0.2) is 42.5 Å². The third kappa shape index (κ3) is 4.52. The summed E-state index contributed by atoms with van der Waals surface area (Å²) in [6.45, 7) is 3.97. The molecule has 28 heavy (non-hydrogen) atoms. The van der Waals surface area contributed by atoms with E-state index in [-0.39, 0.29) is 24.1 Å². The van der Waals surface area contributed by atoms with Crippen LogP contribution in [-0.4, -0.2) is 64.2 Å². The molecule has 0 saturated carbocycles. The zero-order chi connectivity index (χ0) is 20.3. The van der Waals surface area contributed by atoms with Gasteiger partial charge in [0.1, 0.15) is 9.66 Å². The first-order valence-corrected chi connectivity index (χ1v) is 10.1. The van der Waals surface area contributed by atoms with Gasteiger partial charge < -0.3 is 15.7 Å². The van der Waals surface area contributed by atoms with Crippen LogP contribution < -0.4 is 5.73 Å². The van der Waals surface area contributed by atoms with E-state index in [1.165, 1.54) is 4.57 Å². The molecule has 2 amide bonds. The number of carbonyl (C=O) groups is 2. The lowest BCUT2D eigenvalue weighted by atomic mass is 10.1. The quantitative estimate of drug-likeness (QED) is 0.701. The van der Waals surface area contributed by atoms with Gasteiger partial charge in [0.25, 0.3) is 0 Å². The maximum Gasteiger partial charge on any atom is 0.325 e. The Morgan fingerprint density at radius 1 is 1.25 bits per heavy atom. The van der Waals surface area contributed by atoms with E-state index in [0.29, 0.717) is 6.54 Å².